The van der Waals surface area contributed by atoms with Gasteiger partial charge in [-0.05, 0) is 44.0 Å². The molecule has 1 atom stereocenters. The maximum absolute atomic E-state index is 13.0. The van der Waals surface area contributed by atoms with Crippen molar-refractivity contribution >= 4 is 17.7 Å². The highest BCUT2D eigenvalue weighted by Gasteiger charge is 2.48. The molecule has 0 unspecified atom stereocenters. The van der Waals surface area contributed by atoms with E-state index in [0.717, 1.165) is 21.6 Å². The van der Waals surface area contributed by atoms with Crippen LogP contribution in [0.2, 0.25) is 0 Å². The second-order valence-electron chi connectivity index (χ2n) is 7.38. The molecule has 28 heavy (non-hydrogen) atoms. The first-order valence-corrected chi connectivity index (χ1v) is 9.11. The first-order valence-electron chi connectivity index (χ1n) is 9.11. The molecular weight excluding hydrogens is 356 g/mol. The molecule has 0 bridgehead atoms. The quantitative estimate of drug-likeness (QED) is 0.617. The number of imide groups is 1. The van der Waals surface area contributed by atoms with E-state index in [4.69, 9.17) is 4.74 Å². The lowest BCUT2D eigenvalue weighted by Crippen LogP contribution is -2.46. The maximum Gasteiger partial charge on any atom is 0.325 e. The number of aryl methyl sites for hydroxylation is 2. The first kappa shape index (κ1) is 19.6. The highest BCUT2D eigenvalue weighted by atomic mass is 16.5. The van der Waals surface area contributed by atoms with Gasteiger partial charge in [0.25, 0.3) is 5.91 Å². The first-order chi connectivity index (χ1) is 13.2. The molecule has 146 valence electrons. The number of para-hydroxylation sites is 1. The van der Waals surface area contributed by atoms with Crippen LogP contribution in [0.4, 0.5) is 4.79 Å². The fourth-order valence-corrected chi connectivity index (χ4v) is 3.51. The van der Waals surface area contributed by atoms with Gasteiger partial charge in [0.05, 0.1) is 13.7 Å². The molecule has 0 saturated carbocycles. The molecule has 2 aromatic rings. The lowest BCUT2D eigenvalue weighted by molar-refractivity contribution is -0.130. The Morgan fingerprint density at radius 2 is 1.86 bits per heavy atom. The number of hydrogen-bond donors (Lipinski definition) is 1. The predicted molar refractivity (Wildman–Crippen MR) is 106 cm³/mol. The molecule has 2 aromatic carbocycles. The van der Waals surface area contributed by atoms with Crippen molar-refractivity contribution in [2.24, 2.45) is 0 Å². The molecule has 0 radical (unpaired) electrons. The highest BCUT2D eigenvalue weighted by Crippen LogP contribution is 2.27. The summed E-state index contributed by atoms with van der Waals surface area (Å²) in [5.41, 5.74) is 1.97. The van der Waals surface area contributed by atoms with Crippen molar-refractivity contribution < 1.29 is 19.1 Å². The molecule has 1 saturated heterocycles. The molecule has 1 aliphatic heterocycles. The standard InChI is InChI=1S/C22H24N2O4/c1-14-9-10-15(2)17(11-14)18(25)13-24-20(26)22(3,23-21(24)27)12-16-7-5-6-8-19(16)28-4/h5-11H,12-13H2,1-4H3,(H,23,27)/t22-/m1/s1. The van der Waals surface area contributed by atoms with Crippen LogP contribution >= 0.6 is 0 Å². The number of carbonyl (C=O) groups is 3. The van der Waals surface area contributed by atoms with E-state index in [9.17, 15) is 14.4 Å². The van der Waals surface area contributed by atoms with E-state index in [2.05, 4.69) is 5.32 Å². The number of carbonyl (C=O) groups excluding carboxylic acids is 3. The normalized spacial score (nSPS) is 18.9. The van der Waals surface area contributed by atoms with Gasteiger partial charge in [-0.15, -0.1) is 0 Å². The van der Waals surface area contributed by atoms with Gasteiger partial charge < -0.3 is 10.1 Å². The Bertz CT molecular complexity index is 953. The van der Waals surface area contributed by atoms with Crippen LogP contribution in [0.15, 0.2) is 42.5 Å². The second kappa shape index (κ2) is 7.46. The topological polar surface area (TPSA) is 75.7 Å². The summed E-state index contributed by atoms with van der Waals surface area (Å²) in [6.07, 6.45) is 0.274. The zero-order chi connectivity index (χ0) is 20.5. The summed E-state index contributed by atoms with van der Waals surface area (Å²) in [5.74, 6) is -0.0241. The Labute approximate surface area is 164 Å². The number of hydrogen-bond acceptors (Lipinski definition) is 4. The number of rotatable bonds is 6. The van der Waals surface area contributed by atoms with E-state index in [1.54, 1.807) is 20.1 Å². The molecule has 0 aliphatic carbocycles. The Morgan fingerprint density at radius 3 is 2.57 bits per heavy atom. The number of ether oxygens (including phenoxy) is 1. The molecule has 1 aliphatic rings. The third-order valence-corrected chi connectivity index (χ3v) is 5.08. The highest BCUT2D eigenvalue weighted by molar-refractivity contribution is 6.11. The molecule has 1 N–H and O–H groups in total. The minimum Gasteiger partial charge on any atom is -0.496 e. The molecule has 6 nitrogen and oxygen atoms in total. The van der Waals surface area contributed by atoms with E-state index < -0.39 is 17.5 Å². The minimum absolute atomic E-state index is 0.258. The summed E-state index contributed by atoms with van der Waals surface area (Å²) in [7, 11) is 1.56. The fraction of sp³-hybridized carbons (Fsp3) is 0.318. The monoisotopic (exact) mass is 380 g/mol. The number of benzene rings is 2. The largest absolute Gasteiger partial charge is 0.496 e. The van der Waals surface area contributed by atoms with Crippen molar-refractivity contribution in [2.75, 3.05) is 13.7 Å². The molecular formula is C22H24N2O4. The van der Waals surface area contributed by atoms with Gasteiger partial charge in [0.15, 0.2) is 5.78 Å². The summed E-state index contributed by atoms with van der Waals surface area (Å²) >= 11 is 0. The van der Waals surface area contributed by atoms with Crippen LogP contribution in [0.5, 0.6) is 5.75 Å². The van der Waals surface area contributed by atoms with Crippen molar-refractivity contribution in [3.05, 3.63) is 64.7 Å². The van der Waals surface area contributed by atoms with Crippen LogP contribution in [0, 0.1) is 13.8 Å². The van der Waals surface area contributed by atoms with E-state index in [1.807, 2.05) is 50.2 Å². The van der Waals surface area contributed by atoms with Crippen LogP contribution in [-0.2, 0) is 11.2 Å². The van der Waals surface area contributed by atoms with E-state index in [1.165, 1.54) is 0 Å². The average molecular weight is 380 g/mol. The van der Waals surface area contributed by atoms with Gasteiger partial charge in [-0.25, -0.2) is 4.79 Å². The van der Waals surface area contributed by atoms with Crippen molar-refractivity contribution in [3.63, 3.8) is 0 Å². The summed E-state index contributed by atoms with van der Waals surface area (Å²) in [4.78, 5) is 39.2. The van der Waals surface area contributed by atoms with Crippen molar-refractivity contribution in [1.29, 1.82) is 0 Å². The summed E-state index contributed by atoms with van der Waals surface area (Å²) < 4.78 is 5.34. The zero-order valence-corrected chi connectivity index (χ0v) is 16.5. The van der Waals surface area contributed by atoms with Gasteiger partial charge >= 0.3 is 6.03 Å². The summed E-state index contributed by atoms with van der Waals surface area (Å²) in [5, 5.41) is 2.74. The number of nitrogens with zero attached hydrogens (tertiary/aromatic N) is 1. The Hall–Kier alpha value is -3.15. The molecule has 6 heteroatoms. The van der Waals surface area contributed by atoms with Crippen LogP contribution in [0.1, 0.15) is 34.0 Å². The molecule has 0 spiro atoms. The van der Waals surface area contributed by atoms with Gasteiger partial charge in [0.1, 0.15) is 11.3 Å². The number of methoxy groups -OCH3 is 1. The number of Topliss-reactive ketones (excluding diaryl/α,β-unsaturated/α-hetero) is 1. The zero-order valence-electron chi connectivity index (χ0n) is 16.5. The second-order valence-corrected chi connectivity index (χ2v) is 7.38. The van der Waals surface area contributed by atoms with Crippen molar-refractivity contribution in [3.8, 4) is 5.75 Å². The van der Waals surface area contributed by atoms with Crippen LogP contribution < -0.4 is 10.1 Å². The third kappa shape index (κ3) is 3.63. The number of amides is 3. The van der Waals surface area contributed by atoms with Gasteiger partial charge in [-0.2, -0.15) is 0 Å². The molecule has 3 rings (SSSR count). The number of ketones is 1. The fourth-order valence-electron chi connectivity index (χ4n) is 3.51. The Kier molecular flexibility index (Phi) is 5.23. The smallest absolute Gasteiger partial charge is 0.325 e. The van der Waals surface area contributed by atoms with Crippen LogP contribution in [0.3, 0.4) is 0 Å². The average Bonchev–Trinajstić information content (AvgIpc) is 2.87. The maximum atomic E-state index is 13.0. The predicted octanol–water partition coefficient (Wildman–Crippen LogP) is 3.05. The Morgan fingerprint density at radius 1 is 1.14 bits per heavy atom. The molecule has 0 aromatic heterocycles. The van der Waals surface area contributed by atoms with Crippen LogP contribution in [0.25, 0.3) is 0 Å². The lowest BCUT2D eigenvalue weighted by Gasteiger charge is -2.22. The van der Waals surface area contributed by atoms with Gasteiger partial charge in [-0.1, -0.05) is 35.9 Å². The molecule has 1 heterocycles. The number of urea groups is 1. The van der Waals surface area contributed by atoms with E-state index in [-0.39, 0.29) is 18.7 Å². The summed E-state index contributed by atoms with van der Waals surface area (Å²) in [6, 6.07) is 12.4. The van der Waals surface area contributed by atoms with E-state index in [0.29, 0.717) is 11.3 Å². The molecule has 1 fully saturated rings. The summed E-state index contributed by atoms with van der Waals surface area (Å²) in [6.45, 7) is 5.12. The van der Waals surface area contributed by atoms with Crippen molar-refractivity contribution in [1.82, 2.24) is 10.2 Å². The molecule has 3 amide bonds. The number of nitrogens with one attached hydrogen (secondary N) is 1. The van der Waals surface area contributed by atoms with E-state index >= 15 is 0 Å². The minimum atomic E-state index is -1.13. The Balaban J connectivity index is 1.81. The SMILES string of the molecule is COc1ccccc1C[C@@]1(C)NC(=O)N(CC(=O)c2cc(C)ccc2C)C1=O. The third-order valence-electron chi connectivity index (χ3n) is 5.08. The van der Waals surface area contributed by atoms with Gasteiger partial charge in [0.2, 0.25) is 0 Å². The van der Waals surface area contributed by atoms with Crippen LogP contribution in [-0.4, -0.2) is 41.8 Å². The van der Waals surface area contributed by atoms with Gasteiger partial charge in [-0.3, -0.25) is 14.5 Å². The van der Waals surface area contributed by atoms with Crippen molar-refractivity contribution in [2.45, 2.75) is 32.7 Å². The lowest BCUT2D eigenvalue weighted by atomic mass is 9.92. The van der Waals surface area contributed by atoms with Gasteiger partial charge in [0, 0.05) is 12.0 Å².